The molecule has 0 aromatic heterocycles. The summed E-state index contributed by atoms with van der Waals surface area (Å²) in [5.41, 5.74) is 5.01. The average molecular weight is 261 g/mol. The fourth-order valence-corrected chi connectivity index (χ4v) is 1.20. The first-order chi connectivity index (χ1) is 8.10. The Balaban J connectivity index is 2.69. The van der Waals surface area contributed by atoms with Crippen molar-refractivity contribution in [1.29, 1.82) is 0 Å². The molecule has 0 aliphatic rings. The molecule has 2 nitrogen and oxygen atoms in total. The van der Waals surface area contributed by atoms with E-state index in [0.717, 1.165) is 12.1 Å². The van der Waals surface area contributed by atoms with E-state index in [2.05, 4.69) is 0 Å². The highest BCUT2D eigenvalue weighted by Crippen LogP contribution is 2.31. The Morgan fingerprint density at radius 1 is 1.22 bits per heavy atom. The molecule has 1 rings (SSSR count). The van der Waals surface area contributed by atoms with Crippen LogP contribution < -0.4 is 10.5 Å². The van der Waals surface area contributed by atoms with Gasteiger partial charge in [0.1, 0.15) is 12.4 Å². The van der Waals surface area contributed by atoms with Crippen LogP contribution in [-0.2, 0) is 6.18 Å². The summed E-state index contributed by atoms with van der Waals surface area (Å²) in [5.74, 6) is 0.185. The quantitative estimate of drug-likeness (QED) is 0.904. The van der Waals surface area contributed by atoms with Crippen molar-refractivity contribution in [2.45, 2.75) is 33.0 Å². The fraction of sp³-hybridized carbons (Fsp3) is 0.538. The van der Waals surface area contributed by atoms with Crippen molar-refractivity contribution in [3.8, 4) is 5.75 Å². The Hall–Kier alpha value is -1.23. The number of halogens is 3. The highest BCUT2D eigenvalue weighted by Gasteiger charge is 2.30. The van der Waals surface area contributed by atoms with E-state index in [-0.39, 0.29) is 23.8 Å². The summed E-state index contributed by atoms with van der Waals surface area (Å²) < 4.78 is 42.7. The zero-order chi connectivity index (χ0) is 14.0. The van der Waals surface area contributed by atoms with Crippen molar-refractivity contribution in [2.24, 2.45) is 11.1 Å². The first-order valence-electron chi connectivity index (χ1n) is 5.66. The van der Waals surface area contributed by atoms with E-state index in [4.69, 9.17) is 10.5 Å². The topological polar surface area (TPSA) is 35.2 Å². The maximum absolute atomic E-state index is 12.5. The van der Waals surface area contributed by atoms with Gasteiger partial charge < -0.3 is 10.5 Å². The predicted molar refractivity (Wildman–Crippen MR) is 64.4 cm³/mol. The summed E-state index contributed by atoms with van der Waals surface area (Å²) in [4.78, 5) is 0. The third-order valence-corrected chi connectivity index (χ3v) is 2.70. The molecule has 1 aromatic carbocycles. The van der Waals surface area contributed by atoms with Gasteiger partial charge in [0, 0.05) is 6.04 Å². The minimum atomic E-state index is -4.36. The van der Waals surface area contributed by atoms with Gasteiger partial charge in [-0.15, -0.1) is 0 Å². The second-order valence-corrected chi connectivity index (χ2v) is 5.31. The monoisotopic (exact) mass is 261 g/mol. The Bertz CT molecular complexity index is 396. The van der Waals surface area contributed by atoms with Crippen LogP contribution in [0.25, 0.3) is 0 Å². The summed E-state index contributed by atoms with van der Waals surface area (Å²) in [6, 6.07) is 4.56. The Morgan fingerprint density at radius 2 is 1.83 bits per heavy atom. The second kappa shape index (κ2) is 5.18. The molecule has 0 radical (unpaired) electrons. The molecule has 1 atom stereocenters. The van der Waals surface area contributed by atoms with Gasteiger partial charge in [-0.2, -0.15) is 13.2 Å². The number of hydrogen-bond donors (Lipinski definition) is 1. The molecule has 0 heterocycles. The summed E-state index contributed by atoms with van der Waals surface area (Å²) in [5, 5.41) is 0. The van der Waals surface area contributed by atoms with E-state index in [1.165, 1.54) is 12.1 Å². The van der Waals surface area contributed by atoms with Crippen molar-refractivity contribution in [3.63, 3.8) is 0 Å². The lowest BCUT2D eigenvalue weighted by Gasteiger charge is -2.26. The number of benzene rings is 1. The summed E-state index contributed by atoms with van der Waals surface area (Å²) in [7, 11) is 0. The lowest BCUT2D eigenvalue weighted by molar-refractivity contribution is -0.137. The van der Waals surface area contributed by atoms with Crippen molar-refractivity contribution in [3.05, 3.63) is 29.8 Å². The Labute approximate surface area is 105 Å². The zero-order valence-corrected chi connectivity index (χ0v) is 10.7. The number of hydrogen-bond acceptors (Lipinski definition) is 2. The first kappa shape index (κ1) is 14.8. The molecule has 2 N–H and O–H groups in total. The minimum absolute atomic E-state index is 0.151. The van der Waals surface area contributed by atoms with Crippen LogP contribution in [0.15, 0.2) is 24.3 Å². The van der Waals surface area contributed by atoms with Gasteiger partial charge in [-0.25, -0.2) is 0 Å². The third kappa shape index (κ3) is 4.22. The highest BCUT2D eigenvalue weighted by atomic mass is 19.4. The van der Waals surface area contributed by atoms with Crippen LogP contribution in [0.3, 0.4) is 0 Å². The molecular weight excluding hydrogens is 243 g/mol. The Kier molecular flexibility index (Phi) is 4.27. The lowest BCUT2D eigenvalue weighted by atomic mass is 9.88. The minimum Gasteiger partial charge on any atom is -0.492 e. The van der Waals surface area contributed by atoms with Gasteiger partial charge in [-0.1, -0.05) is 26.8 Å². The average Bonchev–Trinajstić information content (AvgIpc) is 2.23. The number of nitrogens with two attached hydrogens (primary N) is 1. The zero-order valence-electron chi connectivity index (χ0n) is 10.7. The lowest BCUT2D eigenvalue weighted by Crippen LogP contribution is -2.40. The molecule has 0 fully saturated rings. The van der Waals surface area contributed by atoms with Crippen molar-refractivity contribution in [2.75, 3.05) is 6.61 Å². The molecular formula is C13H18F3NO. The van der Waals surface area contributed by atoms with Crippen LogP contribution >= 0.6 is 0 Å². The smallest absolute Gasteiger partial charge is 0.416 e. The molecule has 0 bridgehead atoms. The number of alkyl halides is 3. The van der Waals surface area contributed by atoms with Crippen LogP contribution in [0.1, 0.15) is 26.3 Å². The van der Waals surface area contributed by atoms with Crippen molar-refractivity contribution in [1.82, 2.24) is 0 Å². The van der Waals surface area contributed by atoms with Crippen LogP contribution in [-0.4, -0.2) is 12.6 Å². The molecule has 0 aliphatic heterocycles. The maximum Gasteiger partial charge on any atom is 0.416 e. The first-order valence-corrected chi connectivity index (χ1v) is 5.66. The molecule has 0 amide bonds. The van der Waals surface area contributed by atoms with Gasteiger partial charge in [0.25, 0.3) is 0 Å². The summed E-state index contributed by atoms with van der Waals surface area (Å²) >= 11 is 0. The van der Waals surface area contributed by atoms with Crippen LogP contribution in [0.2, 0.25) is 0 Å². The van der Waals surface area contributed by atoms with E-state index in [9.17, 15) is 13.2 Å². The van der Waals surface area contributed by atoms with Crippen molar-refractivity contribution >= 4 is 0 Å². The van der Waals surface area contributed by atoms with Gasteiger partial charge in [0.2, 0.25) is 0 Å². The van der Waals surface area contributed by atoms with Crippen LogP contribution in [0, 0.1) is 5.41 Å². The summed E-state index contributed by atoms with van der Waals surface area (Å²) in [6.45, 7) is 6.04. The van der Waals surface area contributed by atoms with Crippen LogP contribution in [0.5, 0.6) is 5.75 Å². The van der Waals surface area contributed by atoms with Gasteiger partial charge in [0.15, 0.2) is 0 Å². The largest absolute Gasteiger partial charge is 0.492 e. The van der Waals surface area contributed by atoms with E-state index in [0.29, 0.717) is 0 Å². The normalized spacial score (nSPS) is 14.4. The van der Waals surface area contributed by atoms with Crippen LogP contribution in [0.4, 0.5) is 13.2 Å². The fourth-order valence-electron chi connectivity index (χ4n) is 1.20. The highest BCUT2D eigenvalue weighted by molar-refractivity contribution is 5.30. The molecule has 5 heteroatoms. The molecule has 102 valence electrons. The molecule has 1 aromatic rings. The van der Waals surface area contributed by atoms with E-state index in [1.54, 1.807) is 0 Å². The molecule has 0 saturated carbocycles. The maximum atomic E-state index is 12.5. The van der Waals surface area contributed by atoms with Crippen molar-refractivity contribution < 1.29 is 17.9 Å². The standard InChI is InChI=1S/C13H18F3NO/c1-12(2,3)11(17)8-18-10-6-4-5-9(7-10)13(14,15)16/h4-7,11H,8,17H2,1-3H3. The number of ether oxygens (including phenoxy) is 1. The number of rotatable bonds is 3. The molecule has 18 heavy (non-hydrogen) atoms. The van der Waals surface area contributed by atoms with E-state index < -0.39 is 11.7 Å². The second-order valence-electron chi connectivity index (χ2n) is 5.31. The Morgan fingerprint density at radius 3 is 2.33 bits per heavy atom. The van der Waals surface area contributed by atoms with Gasteiger partial charge in [0.05, 0.1) is 5.56 Å². The van der Waals surface area contributed by atoms with Gasteiger partial charge >= 0.3 is 6.18 Å². The van der Waals surface area contributed by atoms with Gasteiger partial charge in [-0.05, 0) is 23.6 Å². The van der Waals surface area contributed by atoms with E-state index in [1.807, 2.05) is 20.8 Å². The third-order valence-electron chi connectivity index (χ3n) is 2.70. The SMILES string of the molecule is CC(C)(C)C(N)COc1cccc(C(F)(F)F)c1. The summed E-state index contributed by atoms with van der Waals surface area (Å²) in [6.07, 6.45) is -4.36. The molecule has 0 spiro atoms. The predicted octanol–water partition coefficient (Wildman–Crippen LogP) is 3.46. The van der Waals surface area contributed by atoms with E-state index >= 15 is 0 Å². The molecule has 0 aliphatic carbocycles. The molecule has 0 saturated heterocycles. The molecule has 1 unspecified atom stereocenters. The van der Waals surface area contributed by atoms with Gasteiger partial charge in [-0.3, -0.25) is 0 Å².